The van der Waals surface area contributed by atoms with E-state index in [4.69, 9.17) is 15.0 Å². The Hall–Kier alpha value is -6.63. The van der Waals surface area contributed by atoms with E-state index in [1.54, 1.807) is 62.5 Å². The lowest BCUT2D eigenvalue weighted by atomic mass is 9.70. The zero-order chi connectivity index (χ0) is 57.1. The summed E-state index contributed by atoms with van der Waals surface area (Å²) in [6.45, 7) is 3.93. The fourth-order valence-electron chi connectivity index (χ4n) is 11.5. The number of nitrogens with zero attached hydrogens (tertiary/aromatic N) is 6. The average molecular weight is 1190 g/mol. The molecular formula is C58H60FN9O8S5. The van der Waals surface area contributed by atoms with Gasteiger partial charge in [0, 0.05) is 60.1 Å². The highest BCUT2D eigenvalue weighted by atomic mass is 32.2. The molecule has 6 aromatic rings. The molecule has 23 heteroatoms. The SMILES string of the molecule is CC(C)S(=O)(=O)c1ccc(-c2sc(-c3cnc(C4CC[C@@H](c5nc(NS(=O)(=O)c6ccccc6)sc5-c5ccc(N6CCS(=O)(=O)CC6)cc5)[C@H](C(=O)NC5(C#N)CC5)C4)c(F)c3)nc2[C@@H]2CCCC[C@H]2C(=O)NC2(C#N)CC2)cc1. The third kappa shape index (κ3) is 11.6. The number of hydrogen-bond acceptors (Lipinski definition) is 16. The molecule has 1 unspecified atom stereocenters. The molecule has 1 aliphatic heterocycles. The highest BCUT2D eigenvalue weighted by Crippen LogP contribution is 2.51. The standard InChI is InChI=1S/C58H60FN9O8S5/c1-35(2)80(73,74)41-19-14-37(15-20-41)51-49(43-10-6-7-11-45(43)53(69)65-57(33-60)22-23-57)63-55(77-51)39-31-47(59)48(62-32-39)38-16-21-44(46(30-38)54(70)66-58(34-61)24-25-58)50-52(78-56(64-50)67-81(75,76)42-8-4-3-5-9-42)36-12-17-40(18-13-36)68-26-28-79(71,72)29-27-68/h3-5,8-9,12-15,17-20,31-32,35,38,43-46H,6-7,10-11,16,21-30H2,1-2H3,(H,64,67)(H,65,69)(H,66,70)/t38?,43-,44-,45-,46-/m1/s1. The minimum Gasteiger partial charge on any atom is -0.369 e. The Bertz CT molecular complexity index is 3840. The topological polar surface area (TPSA) is 262 Å². The molecule has 3 aromatic heterocycles. The van der Waals surface area contributed by atoms with Crippen LogP contribution >= 0.6 is 22.7 Å². The Labute approximate surface area is 479 Å². The van der Waals surface area contributed by atoms with Crippen molar-refractivity contribution in [3.63, 3.8) is 0 Å². The van der Waals surface area contributed by atoms with Gasteiger partial charge in [0.25, 0.3) is 10.0 Å². The van der Waals surface area contributed by atoms with Gasteiger partial charge in [-0.2, -0.15) is 10.5 Å². The lowest BCUT2D eigenvalue weighted by Gasteiger charge is -2.35. The second-order valence-corrected chi connectivity index (χ2v) is 30.9. The molecule has 422 valence electrons. The van der Waals surface area contributed by atoms with Crippen molar-refractivity contribution in [2.24, 2.45) is 11.8 Å². The predicted octanol–water partition coefficient (Wildman–Crippen LogP) is 9.64. The summed E-state index contributed by atoms with van der Waals surface area (Å²) in [7, 11) is -10.8. The molecule has 17 nitrogen and oxygen atoms in total. The van der Waals surface area contributed by atoms with E-state index in [1.165, 1.54) is 29.5 Å². The van der Waals surface area contributed by atoms with E-state index in [9.17, 15) is 45.4 Å². The highest BCUT2D eigenvalue weighted by Gasteiger charge is 2.49. The number of halogens is 1. The van der Waals surface area contributed by atoms with Gasteiger partial charge in [0.05, 0.1) is 65.5 Å². The summed E-state index contributed by atoms with van der Waals surface area (Å²) < 4.78 is 98.0. The van der Waals surface area contributed by atoms with E-state index >= 15 is 4.39 Å². The van der Waals surface area contributed by atoms with Crippen molar-refractivity contribution >= 4 is 75.0 Å². The monoisotopic (exact) mass is 1190 g/mol. The van der Waals surface area contributed by atoms with Crippen molar-refractivity contribution in [1.82, 2.24) is 25.6 Å². The van der Waals surface area contributed by atoms with Gasteiger partial charge in [-0.15, -0.1) is 11.3 Å². The lowest BCUT2D eigenvalue weighted by Crippen LogP contribution is -2.43. The van der Waals surface area contributed by atoms with Crippen LogP contribution < -0.4 is 20.3 Å². The zero-order valence-corrected chi connectivity index (χ0v) is 48.7. The molecule has 0 bridgehead atoms. The number of sulfonamides is 1. The van der Waals surface area contributed by atoms with Gasteiger partial charge in [0.15, 0.2) is 24.8 Å². The number of carbonyl (C=O) groups is 2. The van der Waals surface area contributed by atoms with Crippen LogP contribution in [-0.2, 0) is 39.3 Å². The predicted molar refractivity (Wildman–Crippen MR) is 308 cm³/mol. The number of amides is 2. The van der Waals surface area contributed by atoms with E-state index in [0.717, 1.165) is 29.9 Å². The average Bonchev–Trinajstić information content (AvgIpc) is 4.34. The summed E-state index contributed by atoms with van der Waals surface area (Å²) in [6.07, 6.45) is 7.34. The first-order valence-corrected chi connectivity index (χ1v) is 33.8. The molecule has 4 aliphatic carbocycles. The van der Waals surface area contributed by atoms with E-state index < -0.39 is 81.4 Å². The van der Waals surface area contributed by atoms with Crippen molar-refractivity contribution in [3.05, 3.63) is 114 Å². The van der Waals surface area contributed by atoms with Crippen molar-refractivity contribution < 1.29 is 39.2 Å². The van der Waals surface area contributed by atoms with Gasteiger partial charge < -0.3 is 15.5 Å². The van der Waals surface area contributed by atoms with Gasteiger partial charge in [-0.05, 0) is 125 Å². The quantitative estimate of drug-likeness (QED) is 0.0815. The van der Waals surface area contributed by atoms with Gasteiger partial charge in [0.1, 0.15) is 21.9 Å². The number of benzene rings is 3. The molecule has 81 heavy (non-hydrogen) atoms. The van der Waals surface area contributed by atoms with Gasteiger partial charge in [-0.25, -0.2) is 39.6 Å². The highest BCUT2D eigenvalue weighted by molar-refractivity contribution is 7.93. The van der Waals surface area contributed by atoms with Crippen molar-refractivity contribution in [3.8, 4) is 43.6 Å². The molecule has 4 saturated carbocycles. The molecule has 5 atom stereocenters. The van der Waals surface area contributed by atoms with Crippen LogP contribution in [0.25, 0.3) is 31.5 Å². The van der Waals surface area contributed by atoms with Crippen LogP contribution in [0.4, 0.5) is 15.2 Å². The number of nitrogens with one attached hydrogen (secondary N) is 3. The molecule has 11 rings (SSSR count). The van der Waals surface area contributed by atoms with E-state index in [0.29, 0.717) is 107 Å². The molecular weight excluding hydrogens is 1130 g/mol. The number of thiazole rings is 2. The van der Waals surface area contributed by atoms with Gasteiger partial charge >= 0.3 is 0 Å². The van der Waals surface area contributed by atoms with E-state index in [-0.39, 0.29) is 50.4 Å². The van der Waals surface area contributed by atoms with Crippen LogP contribution in [0, 0.1) is 40.3 Å². The summed E-state index contributed by atoms with van der Waals surface area (Å²) in [4.78, 5) is 47.1. The minimum atomic E-state index is -4.10. The van der Waals surface area contributed by atoms with Crippen LogP contribution in [-0.4, -0.2) is 92.9 Å². The first kappa shape index (κ1) is 56.2. The molecule has 4 heterocycles. The van der Waals surface area contributed by atoms with Crippen LogP contribution in [0.5, 0.6) is 0 Å². The number of pyridine rings is 1. The summed E-state index contributed by atoms with van der Waals surface area (Å²) in [5.41, 5.74) is 1.91. The Morgan fingerprint density at radius 1 is 0.716 bits per heavy atom. The van der Waals surface area contributed by atoms with Crippen LogP contribution in [0.1, 0.15) is 119 Å². The number of hydrogen-bond donors (Lipinski definition) is 3. The van der Waals surface area contributed by atoms with Gasteiger partial charge in [0.2, 0.25) is 11.8 Å². The number of aromatic nitrogens is 3. The van der Waals surface area contributed by atoms with Crippen molar-refractivity contribution in [2.45, 2.75) is 128 Å². The van der Waals surface area contributed by atoms with Crippen LogP contribution in [0.3, 0.4) is 0 Å². The maximum Gasteiger partial charge on any atom is 0.263 e. The number of rotatable bonds is 16. The lowest BCUT2D eigenvalue weighted by molar-refractivity contribution is -0.128. The molecule has 3 N–H and O–H groups in total. The Morgan fingerprint density at radius 2 is 1.30 bits per heavy atom. The molecule has 5 aliphatic rings. The Morgan fingerprint density at radius 3 is 1.90 bits per heavy atom. The molecule has 0 radical (unpaired) electrons. The summed E-state index contributed by atoms with van der Waals surface area (Å²) in [5, 5.41) is 25.9. The van der Waals surface area contributed by atoms with Crippen LogP contribution in [0.2, 0.25) is 0 Å². The largest absolute Gasteiger partial charge is 0.369 e. The second kappa shape index (κ2) is 21.9. The summed E-state index contributed by atoms with van der Waals surface area (Å²) in [6, 6.07) is 27.9. The number of sulfone groups is 2. The molecule has 5 fully saturated rings. The normalized spacial score (nSPS) is 22.9. The zero-order valence-electron chi connectivity index (χ0n) is 44.6. The fourth-order valence-corrected chi connectivity index (χ4v) is 17.2. The van der Waals surface area contributed by atoms with E-state index in [2.05, 4.69) is 27.5 Å². The van der Waals surface area contributed by atoms with Gasteiger partial charge in [-0.3, -0.25) is 19.3 Å². The molecule has 0 spiro atoms. The fraction of sp³-hybridized carbons (Fsp3) is 0.431. The minimum absolute atomic E-state index is 0.0317. The Kier molecular flexibility index (Phi) is 15.2. The van der Waals surface area contributed by atoms with Gasteiger partial charge in [-0.1, -0.05) is 66.6 Å². The number of nitriles is 2. The maximum atomic E-state index is 17.1. The molecule has 1 saturated heterocycles. The first-order chi connectivity index (χ1) is 38.7. The smallest absolute Gasteiger partial charge is 0.263 e. The van der Waals surface area contributed by atoms with Crippen LogP contribution in [0.15, 0.2) is 101 Å². The molecule has 3 aromatic carbocycles. The summed E-state index contributed by atoms with van der Waals surface area (Å²) in [5.74, 6) is -4.03. The third-order valence-corrected chi connectivity index (χ3v) is 24.1. The third-order valence-electron chi connectivity index (χ3n) is 16.6. The Balaban J connectivity index is 0.925. The maximum absolute atomic E-state index is 17.1. The van der Waals surface area contributed by atoms with Crippen molar-refractivity contribution in [1.29, 1.82) is 10.5 Å². The van der Waals surface area contributed by atoms with E-state index in [1.807, 2.05) is 29.2 Å². The molecule has 2 amide bonds. The van der Waals surface area contributed by atoms with Crippen molar-refractivity contribution in [2.75, 3.05) is 34.2 Å². The summed E-state index contributed by atoms with van der Waals surface area (Å²) >= 11 is 2.42. The second-order valence-electron chi connectivity index (χ2n) is 22.4. The number of anilines is 2. The number of carbonyl (C=O) groups excluding carboxylic acids is 2. The first-order valence-electron chi connectivity index (χ1n) is 27.3.